The van der Waals surface area contributed by atoms with Crippen molar-refractivity contribution in [2.75, 3.05) is 39.6 Å². The van der Waals surface area contributed by atoms with Crippen LogP contribution in [0.4, 0.5) is 0 Å². The van der Waals surface area contributed by atoms with Crippen molar-refractivity contribution in [2.45, 2.75) is 341 Å². The average Bonchev–Trinajstić information content (AvgIpc) is 0.939. The first-order chi connectivity index (χ1) is 49.7. The van der Waals surface area contributed by atoms with E-state index in [4.69, 9.17) is 37.0 Å². The fourth-order valence-electron chi connectivity index (χ4n) is 10.5. The molecule has 0 aliphatic heterocycles. The minimum Gasteiger partial charge on any atom is -0.462 e. The number of hydrogen-bond donors (Lipinski definition) is 3. The maximum absolute atomic E-state index is 13.1. The van der Waals surface area contributed by atoms with Gasteiger partial charge in [0.1, 0.15) is 19.3 Å². The zero-order chi connectivity index (χ0) is 74.6. The summed E-state index contributed by atoms with van der Waals surface area (Å²) >= 11 is 0. The lowest BCUT2D eigenvalue weighted by Gasteiger charge is -2.21. The van der Waals surface area contributed by atoms with Crippen molar-refractivity contribution in [2.24, 2.45) is 0 Å². The summed E-state index contributed by atoms with van der Waals surface area (Å²) in [5, 5.41) is 10.6. The van der Waals surface area contributed by atoms with Gasteiger partial charge in [-0.2, -0.15) is 0 Å². The van der Waals surface area contributed by atoms with E-state index in [1.54, 1.807) is 0 Å². The van der Waals surface area contributed by atoms with Gasteiger partial charge in [0.05, 0.1) is 26.4 Å². The number of phosphoric acid groups is 2. The number of carbonyl (C=O) groups excluding carboxylic acids is 4. The molecule has 102 heavy (non-hydrogen) atoms. The van der Waals surface area contributed by atoms with Crippen LogP contribution in [0.25, 0.3) is 0 Å². The summed E-state index contributed by atoms with van der Waals surface area (Å²) < 4.78 is 68.6. The molecule has 0 rings (SSSR count). The van der Waals surface area contributed by atoms with E-state index in [0.29, 0.717) is 25.7 Å². The summed E-state index contributed by atoms with van der Waals surface area (Å²) in [6.45, 7) is 4.51. The van der Waals surface area contributed by atoms with Crippen molar-refractivity contribution in [1.82, 2.24) is 0 Å². The number of hydrogen-bond acceptors (Lipinski definition) is 15. The number of rotatable bonds is 74. The Bertz CT molecular complexity index is 2410. The van der Waals surface area contributed by atoms with Gasteiger partial charge in [-0.05, 0) is 128 Å². The van der Waals surface area contributed by atoms with Gasteiger partial charge in [-0.15, -0.1) is 0 Å². The Labute approximate surface area is 619 Å². The van der Waals surface area contributed by atoms with Crippen molar-refractivity contribution in [1.29, 1.82) is 0 Å². The van der Waals surface area contributed by atoms with E-state index >= 15 is 0 Å². The third kappa shape index (κ3) is 73.8. The van der Waals surface area contributed by atoms with Crippen LogP contribution in [-0.2, 0) is 65.4 Å². The molecule has 0 aromatic heterocycles. The van der Waals surface area contributed by atoms with Crippen LogP contribution in [0, 0.1) is 0 Å². The van der Waals surface area contributed by atoms with Crippen molar-refractivity contribution in [3.63, 3.8) is 0 Å². The Balaban J connectivity index is 5.38. The largest absolute Gasteiger partial charge is 0.472 e. The van der Waals surface area contributed by atoms with Crippen LogP contribution in [0.15, 0.2) is 122 Å². The monoisotopic (exact) mass is 1470 g/mol. The molecule has 5 unspecified atom stereocenters. The maximum atomic E-state index is 13.1. The summed E-state index contributed by atoms with van der Waals surface area (Å²) in [7, 11) is -9.97. The third-order valence-electron chi connectivity index (χ3n) is 16.4. The molecule has 17 nitrogen and oxygen atoms in total. The molecule has 0 aliphatic carbocycles. The predicted molar refractivity (Wildman–Crippen MR) is 418 cm³/mol. The first-order valence-corrected chi connectivity index (χ1v) is 42.8. The molecular weight excluding hydrogens is 1330 g/mol. The van der Waals surface area contributed by atoms with Gasteiger partial charge < -0.3 is 33.8 Å². The normalized spacial score (nSPS) is 14.5. The number of aliphatic hydroxyl groups excluding tert-OH is 1. The molecule has 586 valence electrons. The highest BCUT2D eigenvalue weighted by molar-refractivity contribution is 7.47. The topological polar surface area (TPSA) is 237 Å². The Morgan fingerprint density at radius 1 is 0.284 bits per heavy atom. The SMILES string of the molecule is CC/C=C\C/C=C\C/C=C\C/C=C\CCCCCCC(=O)OCC(COP(=O)(O)OCC(O)COP(=O)(O)OCC(COC(=O)CCCCCCCCC/C=C\C/C=C\C/C=C\CC)OC(=O)CCCCCCCCCCCCCCC)OC(=O)CCCCCCC/C=C\C/C=C\C/C=C\CC. The highest BCUT2D eigenvalue weighted by Gasteiger charge is 2.30. The molecule has 0 saturated carbocycles. The number of phosphoric ester groups is 2. The lowest BCUT2D eigenvalue weighted by molar-refractivity contribution is -0.161. The van der Waals surface area contributed by atoms with Gasteiger partial charge in [0.25, 0.3) is 0 Å². The molecule has 0 fully saturated rings. The van der Waals surface area contributed by atoms with Crippen LogP contribution >= 0.6 is 15.6 Å². The van der Waals surface area contributed by atoms with E-state index in [0.717, 1.165) is 193 Å². The molecular formula is C83H142O17P2. The van der Waals surface area contributed by atoms with E-state index < -0.39 is 97.5 Å². The second-order valence-electron chi connectivity index (χ2n) is 26.2. The number of allylic oxidation sites excluding steroid dienone is 20. The molecule has 0 bridgehead atoms. The first-order valence-electron chi connectivity index (χ1n) is 39.8. The van der Waals surface area contributed by atoms with Crippen LogP contribution in [0.2, 0.25) is 0 Å². The molecule has 5 atom stereocenters. The average molecular weight is 1470 g/mol. The zero-order valence-corrected chi connectivity index (χ0v) is 65.8. The summed E-state index contributed by atoms with van der Waals surface area (Å²) in [5.74, 6) is -2.22. The van der Waals surface area contributed by atoms with Crippen LogP contribution in [0.5, 0.6) is 0 Å². The quantitative estimate of drug-likeness (QED) is 0.0169. The van der Waals surface area contributed by atoms with E-state index in [1.807, 2.05) is 0 Å². The van der Waals surface area contributed by atoms with E-state index in [2.05, 4.69) is 149 Å². The van der Waals surface area contributed by atoms with Gasteiger partial charge >= 0.3 is 39.5 Å². The van der Waals surface area contributed by atoms with E-state index in [9.17, 15) is 43.2 Å². The van der Waals surface area contributed by atoms with E-state index in [1.165, 1.54) is 51.4 Å². The van der Waals surface area contributed by atoms with Gasteiger partial charge in [0.2, 0.25) is 0 Å². The molecule has 0 aliphatic rings. The van der Waals surface area contributed by atoms with Crippen molar-refractivity contribution in [3.8, 4) is 0 Å². The van der Waals surface area contributed by atoms with Crippen molar-refractivity contribution < 1.29 is 80.2 Å². The highest BCUT2D eigenvalue weighted by Crippen LogP contribution is 2.45. The van der Waals surface area contributed by atoms with Crippen LogP contribution in [-0.4, -0.2) is 96.7 Å². The Morgan fingerprint density at radius 3 is 0.784 bits per heavy atom. The Hall–Kier alpha value is -4.54. The number of unbranched alkanes of at least 4 members (excludes halogenated alkanes) is 28. The van der Waals surface area contributed by atoms with Crippen LogP contribution in [0.1, 0.15) is 323 Å². The minimum absolute atomic E-state index is 0.0679. The van der Waals surface area contributed by atoms with Gasteiger partial charge in [-0.1, -0.05) is 290 Å². The van der Waals surface area contributed by atoms with Crippen molar-refractivity contribution in [3.05, 3.63) is 122 Å². The number of aliphatic hydroxyl groups is 1. The van der Waals surface area contributed by atoms with Gasteiger partial charge in [0.15, 0.2) is 12.2 Å². The molecule has 0 radical (unpaired) electrons. The van der Waals surface area contributed by atoms with E-state index in [-0.39, 0.29) is 25.7 Å². The smallest absolute Gasteiger partial charge is 0.462 e. The lowest BCUT2D eigenvalue weighted by atomic mass is 10.0. The molecule has 0 saturated heterocycles. The summed E-state index contributed by atoms with van der Waals surface area (Å²) in [4.78, 5) is 73.0. The van der Waals surface area contributed by atoms with Gasteiger partial charge in [-0.3, -0.25) is 37.3 Å². The minimum atomic E-state index is -4.99. The predicted octanol–water partition coefficient (Wildman–Crippen LogP) is 23.1. The molecule has 0 amide bonds. The van der Waals surface area contributed by atoms with Crippen molar-refractivity contribution >= 4 is 39.5 Å². The zero-order valence-electron chi connectivity index (χ0n) is 64.0. The lowest BCUT2D eigenvalue weighted by Crippen LogP contribution is -2.30. The standard InChI is InChI=1S/C83H142O17P2/c1-5-9-13-17-21-25-29-33-36-38-41-44-47-51-55-59-63-67-80(85)93-73-78(99-82(87)69-65-61-57-53-49-43-32-28-24-20-16-12-8-4)75-97-101(89,90)95-71-77(84)72-96-102(91,92)98-76-79(100-83(88)70-66-62-58-54-50-46-40-35-31-27-23-19-15-11-7-3)74-94-81(86)68-64-60-56-52-48-45-42-39-37-34-30-26-22-18-14-10-6-2/h9-11,13-15,21-23,25-27,33-37,40,42,45,77-79,84H,5-8,12,16-20,24,28-32,38-39,41,43-44,46-76H2,1-4H3,(H,89,90)(H,91,92)/b13-9-,14-10-,15-11-,25-21-,26-22-,27-23-,36-33-,37-34-,40-35-,45-42-. The summed E-state index contributed by atoms with van der Waals surface area (Å²) in [6.07, 6.45) is 81.7. The fraction of sp³-hybridized carbons (Fsp3) is 0.711. The van der Waals surface area contributed by atoms with Crippen LogP contribution in [0.3, 0.4) is 0 Å². The highest BCUT2D eigenvalue weighted by atomic mass is 31.2. The number of ether oxygens (including phenoxy) is 4. The fourth-order valence-corrected chi connectivity index (χ4v) is 12.1. The molecule has 0 spiro atoms. The molecule has 0 aromatic rings. The first kappa shape index (κ1) is 97.5. The Morgan fingerprint density at radius 2 is 0.510 bits per heavy atom. The maximum Gasteiger partial charge on any atom is 0.472 e. The molecule has 0 heterocycles. The van der Waals surface area contributed by atoms with Crippen LogP contribution < -0.4 is 0 Å². The summed E-state index contributed by atoms with van der Waals surface area (Å²) in [6, 6.07) is 0. The second-order valence-corrected chi connectivity index (χ2v) is 29.1. The second kappa shape index (κ2) is 74.7. The molecule has 0 aromatic carbocycles. The molecule has 3 N–H and O–H groups in total. The summed E-state index contributed by atoms with van der Waals surface area (Å²) in [5.41, 5.74) is 0. The number of esters is 4. The number of carbonyl (C=O) groups is 4. The molecule has 19 heteroatoms. The van der Waals surface area contributed by atoms with Gasteiger partial charge in [-0.25, -0.2) is 9.13 Å². The Kier molecular flexibility index (Phi) is 71.4. The van der Waals surface area contributed by atoms with Gasteiger partial charge in [0, 0.05) is 25.7 Å². The third-order valence-corrected chi connectivity index (χ3v) is 18.3.